The van der Waals surface area contributed by atoms with Gasteiger partial charge >= 0.3 is 5.97 Å². The third-order valence-corrected chi connectivity index (χ3v) is 5.95. The smallest absolute Gasteiger partial charge is 0.304 e. The summed E-state index contributed by atoms with van der Waals surface area (Å²) in [4.78, 5) is 13.1. The molecule has 3 atom stereocenters. The predicted molar refractivity (Wildman–Crippen MR) is 74.5 cm³/mol. The van der Waals surface area contributed by atoms with Gasteiger partial charge in [-0.1, -0.05) is 6.92 Å². The molecule has 0 spiro atoms. The van der Waals surface area contributed by atoms with E-state index in [0.29, 0.717) is 13.2 Å². The van der Waals surface area contributed by atoms with Crippen molar-refractivity contribution < 1.29 is 23.1 Å². The molecule has 0 saturated carbocycles. The van der Waals surface area contributed by atoms with Crippen molar-refractivity contribution in [3.05, 3.63) is 0 Å². The van der Waals surface area contributed by atoms with Gasteiger partial charge in [-0.25, -0.2) is 8.42 Å². The number of hydrogen-bond donors (Lipinski definition) is 1. The van der Waals surface area contributed by atoms with Crippen LogP contribution in [0.15, 0.2) is 0 Å². The van der Waals surface area contributed by atoms with Crippen molar-refractivity contribution in [2.75, 3.05) is 24.7 Å². The van der Waals surface area contributed by atoms with Crippen LogP contribution in [0.2, 0.25) is 0 Å². The molecule has 2 aliphatic heterocycles. The van der Waals surface area contributed by atoms with Crippen LogP contribution in [0.3, 0.4) is 0 Å². The van der Waals surface area contributed by atoms with Crippen LogP contribution >= 0.6 is 0 Å². The van der Waals surface area contributed by atoms with Crippen molar-refractivity contribution in [1.29, 1.82) is 0 Å². The van der Waals surface area contributed by atoms with Gasteiger partial charge < -0.3 is 9.84 Å². The van der Waals surface area contributed by atoms with Gasteiger partial charge in [-0.05, 0) is 19.3 Å². The monoisotopic (exact) mass is 305 g/mol. The van der Waals surface area contributed by atoms with Crippen molar-refractivity contribution in [2.24, 2.45) is 0 Å². The minimum Gasteiger partial charge on any atom is -0.481 e. The summed E-state index contributed by atoms with van der Waals surface area (Å²) in [6.07, 6.45) is 2.76. The van der Waals surface area contributed by atoms with Gasteiger partial charge in [0.25, 0.3) is 0 Å². The van der Waals surface area contributed by atoms with E-state index in [-0.39, 0.29) is 30.1 Å². The number of ether oxygens (including phenoxy) is 1. The average Bonchev–Trinajstić information content (AvgIpc) is 2.37. The van der Waals surface area contributed by atoms with Crippen LogP contribution in [0.5, 0.6) is 0 Å². The number of nitrogens with zero attached hydrogens (tertiary/aromatic N) is 1. The molecule has 0 radical (unpaired) electrons. The Morgan fingerprint density at radius 1 is 1.45 bits per heavy atom. The van der Waals surface area contributed by atoms with Crippen LogP contribution in [-0.2, 0) is 19.4 Å². The molecule has 6 nitrogen and oxygen atoms in total. The van der Waals surface area contributed by atoms with Gasteiger partial charge in [0.1, 0.15) is 0 Å². The number of carboxylic acid groups (broad SMARTS) is 1. The number of sulfone groups is 1. The first kappa shape index (κ1) is 15.7. The lowest BCUT2D eigenvalue weighted by atomic mass is 9.98. The van der Waals surface area contributed by atoms with Crippen molar-refractivity contribution in [3.63, 3.8) is 0 Å². The largest absolute Gasteiger partial charge is 0.481 e. The molecule has 20 heavy (non-hydrogen) atoms. The van der Waals surface area contributed by atoms with Gasteiger partial charge in [0.2, 0.25) is 0 Å². The lowest BCUT2D eigenvalue weighted by Gasteiger charge is -2.43. The Hall–Kier alpha value is -0.660. The van der Waals surface area contributed by atoms with Gasteiger partial charge in [-0.2, -0.15) is 0 Å². The average molecular weight is 305 g/mol. The van der Waals surface area contributed by atoms with E-state index in [1.54, 1.807) is 0 Å². The van der Waals surface area contributed by atoms with Crippen molar-refractivity contribution in [1.82, 2.24) is 4.90 Å². The molecule has 0 aromatic carbocycles. The Labute approximate surface area is 120 Å². The van der Waals surface area contributed by atoms with E-state index in [4.69, 9.17) is 9.84 Å². The Morgan fingerprint density at radius 3 is 2.85 bits per heavy atom. The van der Waals surface area contributed by atoms with Crippen molar-refractivity contribution in [2.45, 2.75) is 50.8 Å². The van der Waals surface area contributed by atoms with Crippen molar-refractivity contribution in [3.8, 4) is 0 Å². The summed E-state index contributed by atoms with van der Waals surface area (Å²) in [5.74, 6) is -0.832. The molecular formula is C13H23NO5S. The molecule has 1 N–H and O–H groups in total. The summed E-state index contributed by atoms with van der Waals surface area (Å²) >= 11 is 0. The minimum absolute atomic E-state index is 0.0343. The second-order valence-electron chi connectivity index (χ2n) is 5.68. The zero-order valence-corrected chi connectivity index (χ0v) is 12.6. The van der Waals surface area contributed by atoms with Crippen LogP contribution in [0.1, 0.15) is 32.6 Å². The first-order valence-electron chi connectivity index (χ1n) is 7.21. The summed E-state index contributed by atoms with van der Waals surface area (Å²) < 4.78 is 29.1. The van der Waals surface area contributed by atoms with E-state index in [2.05, 4.69) is 11.8 Å². The maximum atomic E-state index is 11.7. The molecule has 2 rings (SSSR count). The number of rotatable bonds is 4. The highest BCUT2D eigenvalue weighted by Gasteiger charge is 2.38. The highest BCUT2D eigenvalue weighted by Crippen LogP contribution is 2.26. The van der Waals surface area contributed by atoms with Crippen LogP contribution in [0.4, 0.5) is 0 Å². The fraction of sp³-hybridized carbons (Fsp3) is 0.923. The van der Waals surface area contributed by atoms with E-state index in [1.807, 2.05) is 0 Å². The van der Waals surface area contributed by atoms with Crippen LogP contribution < -0.4 is 0 Å². The Morgan fingerprint density at radius 2 is 2.20 bits per heavy atom. The fourth-order valence-electron chi connectivity index (χ4n) is 3.20. The summed E-state index contributed by atoms with van der Waals surface area (Å²) in [5.41, 5.74) is 0. The van der Waals surface area contributed by atoms with Gasteiger partial charge in [0, 0.05) is 25.2 Å². The number of carbonyl (C=O) groups is 1. The number of aliphatic carboxylic acids is 1. The zero-order chi connectivity index (χ0) is 14.8. The van der Waals surface area contributed by atoms with Gasteiger partial charge in [-0.3, -0.25) is 9.69 Å². The third kappa shape index (κ3) is 3.93. The summed E-state index contributed by atoms with van der Waals surface area (Å²) in [7, 11) is -3.10. The molecule has 0 amide bonds. The molecule has 2 aliphatic rings. The highest BCUT2D eigenvalue weighted by atomic mass is 32.2. The zero-order valence-electron chi connectivity index (χ0n) is 11.8. The topological polar surface area (TPSA) is 83.9 Å². The lowest BCUT2D eigenvalue weighted by molar-refractivity contribution is -0.138. The molecule has 7 heteroatoms. The Balaban J connectivity index is 2.09. The molecule has 2 saturated heterocycles. The molecule has 0 aromatic rings. The second kappa shape index (κ2) is 6.41. The lowest BCUT2D eigenvalue weighted by Crippen LogP contribution is -2.55. The summed E-state index contributed by atoms with van der Waals surface area (Å²) in [6.45, 7) is 3.19. The first-order valence-corrected chi connectivity index (χ1v) is 9.03. The molecule has 3 unspecified atom stereocenters. The van der Waals surface area contributed by atoms with E-state index in [1.165, 1.54) is 0 Å². The molecule has 116 valence electrons. The Kier molecular flexibility index (Phi) is 5.04. The van der Waals surface area contributed by atoms with Gasteiger partial charge in [0.15, 0.2) is 9.84 Å². The standard InChI is InChI=1S/C13H23NO5S/c1-2-12-7-10(3-5-19-12)14-4-6-20(17,18)9-11(14)8-13(15)16/h10-12H,2-9H2,1H3,(H,15,16). The number of hydrogen-bond acceptors (Lipinski definition) is 5. The van der Waals surface area contributed by atoms with Gasteiger partial charge in [0.05, 0.1) is 24.0 Å². The van der Waals surface area contributed by atoms with Crippen molar-refractivity contribution >= 4 is 15.8 Å². The van der Waals surface area contributed by atoms with E-state index >= 15 is 0 Å². The molecule has 2 fully saturated rings. The van der Waals surface area contributed by atoms with Crippen LogP contribution in [0.25, 0.3) is 0 Å². The van der Waals surface area contributed by atoms with E-state index < -0.39 is 21.8 Å². The maximum Gasteiger partial charge on any atom is 0.304 e. The summed E-state index contributed by atoms with van der Waals surface area (Å²) in [5, 5.41) is 9.00. The molecule has 0 aromatic heterocycles. The maximum absolute atomic E-state index is 11.7. The predicted octanol–water partition coefficient (Wildman–Crippen LogP) is 0.518. The molecular weight excluding hydrogens is 282 g/mol. The fourth-order valence-corrected chi connectivity index (χ4v) is 4.75. The molecule has 2 heterocycles. The van der Waals surface area contributed by atoms with Gasteiger partial charge in [-0.15, -0.1) is 0 Å². The van der Waals surface area contributed by atoms with Crippen LogP contribution in [0, 0.1) is 0 Å². The first-order chi connectivity index (χ1) is 9.41. The van der Waals surface area contributed by atoms with E-state index in [9.17, 15) is 13.2 Å². The third-order valence-electron chi connectivity index (χ3n) is 4.25. The minimum atomic E-state index is -3.10. The highest BCUT2D eigenvalue weighted by molar-refractivity contribution is 7.91. The molecule has 0 bridgehead atoms. The summed E-state index contributed by atoms with van der Waals surface area (Å²) in [6, 6.07) is -0.152. The number of carboxylic acids is 1. The molecule has 0 aliphatic carbocycles. The van der Waals surface area contributed by atoms with Crippen LogP contribution in [-0.4, -0.2) is 67.2 Å². The normalized spacial score (nSPS) is 34.8. The second-order valence-corrected chi connectivity index (χ2v) is 7.91. The van der Waals surface area contributed by atoms with E-state index in [0.717, 1.165) is 19.3 Å². The Bertz CT molecular complexity index is 450. The SMILES string of the molecule is CCC1CC(N2CCS(=O)(=O)CC2CC(=O)O)CCO1. The quantitative estimate of drug-likeness (QED) is 0.815.